The maximum Gasteiger partial charge on any atom is 0.409 e. The third-order valence-corrected chi connectivity index (χ3v) is 5.10. The van der Waals surface area contributed by atoms with Crippen molar-refractivity contribution in [3.63, 3.8) is 0 Å². The van der Waals surface area contributed by atoms with E-state index < -0.39 is 0 Å². The minimum Gasteiger partial charge on any atom is -0.449 e. The smallest absolute Gasteiger partial charge is 0.409 e. The van der Waals surface area contributed by atoms with Crippen LogP contribution >= 0.6 is 0 Å². The molecule has 0 atom stereocenters. The van der Waals surface area contributed by atoms with Crippen LogP contribution in [0.1, 0.15) is 33.1 Å². The molecule has 8 heteroatoms. The van der Waals surface area contributed by atoms with Crippen LogP contribution in [-0.2, 0) is 9.53 Å². The molecule has 0 unspecified atom stereocenters. The van der Waals surface area contributed by atoms with Crippen LogP contribution in [0.25, 0.3) is 0 Å². The minimum absolute atomic E-state index is 0.00576. The first-order valence-electron chi connectivity index (χ1n) is 9.96. The first-order valence-corrected chi connectivity index (χ1v) is 9.96. The predicted octanol–water partition coefficient (Wildman–Crippen LogP) is 1.71. The number of hydrogen-bond acceptors (Lipinski definition) is 4. The molecule has 154 valence electrons. The maximum atomic E-state index is 12.9. The number of amides is 4. The van der Waals surface area contributed by atoms with E-state index in [0.29, 0.717) is 64.6 Å². The summed E-state index contributed by atoms with van der Waals surface area (Å²) in [4.78, 5) is 44.0. The average molecular weight is 383 g/mol. The molecule has 2 saturated heterocycles. The van der Waals surface area contributed by atoms with Gasteiger partial charge in [0, 0.05) is 59.3 Å². The van der Waals surface area contributed by atoms with E-state index in [-0.39, 0.29) is 23.9 Å². The van der Waals surface area contributed by atoms with Crippen molar-refractivity contribution < 1.29 is 19.1 Å². The second-order valence-corrected chi connectivity index (χ2v) is 8.07. The van der Waals surface area contributed by atoms with E-state index >= 15 is 0 Å². The molecule has 8 nitrogen and oxygen atoms in total. The zero-order chi connectivity index (χ0) is 20.0. The fourth-order valence-corrected chi connectivity index (χ4v) is 3.51. The summed E-state index contributed by atoms with van der Waals surface area (Å²) in [5.41, 5.74) is 0. The van der Waals surface area contributed by atoms with Crippen LogP contribution in [-0.4, -0.2) is 97.6 Å². The summed E-state index contributed by atoms with van der Waals surface area (Å²) in [7, 11) is 3.49. The van der Waals surface area contributed by atoms with Crippen molar-refractivity contribution in [3.8, 4) is 0 Å². The second-order valence-electron chi connectivity index (χ2n) is 8.07. The van der Waals surface area contributed by atoms with Gasteiger partial charge in [0.1, 0.15) is 0 Å². The maximum absolute atomic E-state index is 12.9. The molecule has 0 bridgehead atoms. The average Bonchev–Trinajstić information content (AvgIpc) is 2.91. The van der Waals surface area contributed by atoms with Gasteiger partial charge in [0.2, 0.25) is 5.91 Å². The van der Waals surface area contributed by atoms with Gasteiger partial charge in [-0.3, -0.25) is 4.79 Å². The van der Waals surface area contributed by atoms with E-state index in [4.69, 9.17) is 4.74 Å². The Labute approximate surface area is 162 Å². The zero-order valence-corrected chi connectivity index (χ0v) is 17.1. The Hall–Kier alpha value is -1.99. The van der Waals surface area contributed by atoms with E-state index in [9.17, 15) is 14.4 Å². The molecule has 0 aromatic heterocycles. The molecule has 2 rings (SSSR count). The van der Waals surface area contributed by atoms with Gasteiger partial charge in [-0.2, -0.15) is 0 Å². The summed E-state index contributed by atoms with van der Waals surface area (Å²) in [6.07, 6.45) is 1.89. The number of hydrogen-bond donors (Lipinski definition) is 0. The van der Waals surface area contributed by atoms with Gasteiger partial charge in [-0.05, 0) is 25.2 Å². The van der Waals surface area contributed by atoms with E-state index in [1.54, 1.807) is 28.8 Å². The molecular weight excluding hydrogens is 348 g/mol. The van der Waals surface area contributed by atoms with Crippen molar-refractivity contribution in [2.75, 3.05) is 60.0 Å². The van der Waals surface area contributed by atoms with E-state index in [1.807, 2.05) is 18.7 Å². The van der Waals surface area contributed by atoms with Crippen molar-refractivity contribution in [1.82, 2.24) is 19.6 Å². The molecule has 0 saturated carbocycles. The highest BCUT2D eigenvalue weighted by Gasteiger charge is 2.32. The van der Waals surface area contributed by atoms with Crippen LogP contribution in [0, 0.1) is 11.8 Å². The van der Waals surface area contributed by atoms with Crippen molar-refractivity contribution >= 4 is 18.0 Å². The first-order chi connectivity index (χ1) is 12.8. The number of urea groups is 1. The molecule has 0 spiro atoms. The highest BCUT2D eigenvalue weighted by Crippen LogP contribution is 2.21. The van der Waals surface area contributed by atoms with Gasteiger partial charge in [0.05, 0.1) is 6.61 Å². The van der Waals surface area contributed by atoms with Crippen molar-refractivity contribution in [2.24, 2.45) is 11.8 Å². The van der Waals surface area contributed by atoms with Crippen LogP contribution in [0.3, 0.4) is 0 Å². The highest BCUT2D eigenvalue weighted by atomic mass is 16.6. The Morgan fingerprint density at radius 2 is 1.52 bits per heavy atom. The first kappa shape index (κ1) is 21.3. The summed E-state index contributed by atoms with van der Waals surface area (Å²) < 4.78 is 5.31. The fourth-order valence-electron chi connectivity index (χ4n) is 3.51. The summed E-state index contributed by atoms with van der Waals surface area (Å²) in [6.45, 7) is 8.03. The predicted molar refractivity (Wildman–Crippen MR) is 102 cm³/mol. The Kier molecular flexibility index (Phi) is 7.74. The molecular formula is C19H34N4O4. The lowest BCUT2D eigenvalue weighted by atomic mass is 9.95. The quantitative estimate of drug-likeness (QED) is 0.745. The van der Waals surface area contributed by atoms with Crippen LogP contribution in [0.15, 0.2) is 0 Å². The zero-order valence-electron chi connectivity index (χ0n) is 17.1. The Morgan fingerprint density at radius 1 is 0.926 bits per heavy atom. The van der Waals surface area contributed by atoms with Crippen LogP contribution in [0.2, 0.25) is 0 Å². The van der Waals surface area contributed by atoms with Crippen molar-refractivity contribution in [1.29, 1.82) is 0 Å². The second kappa shape index (κ2) is 9.80. The molecule has 0 aromatic carbocycles. The van der Waals surface area contributed by atoms with Crippen molar-refractivity contribution in [2.45, 2.75) is 33.1 Å². The van der Waals surface area contributed by atoms with Crippen molar-refractivity contribution in [3.05, 3.63) is 0 Å². The number of nitrogens with zero attached hydrogens (tertiary/aromatic N) is 4. The number of carbonyl (C=O) groups excluding carboxylic acids is 3. The molecule has 2 heterocycles. The Morgan fingerprint density at radius 3 is 2.11 bits per heavy atom. The number of ether oxygens (including phenoxy) is 1. The lowest BCUT2D eigenvalue weighted by Crippen LogP contribution is -2.47. The lowest BCUT2D eigenvalue weighted by molar-refractivity contribution is -0.136. The highest BCUT2D eigenvalue weighted by molar-refractivity contribution is 5.80. The molecule has 0 radical (unpaired) electrons. The number of carbonyl (C=O) groups is 3. The van der Waals surface area contributed by atoms with E-state index in [1.165, 1.54) is 0 Å². The largest absolute Gasteiger partial charge is 0.449 e. The standard InChI is InChI=1S/C19H34N4O4/c1-15(2)14-27-19(26)23-9-5-8-21(12-13-23)17(24)16-6-10-22(11-7-16)18(25)20(3)4/h15-16H,5-14H2,1-4H3. The van der Waals surface area contributed by atoms with Crippen LogP contribution in [0.4, 0.5) is 9.59 Å². The minimum atomic E-state index is -0.284. The monoisotopic (exact) mass is 382 g/mol. The molecule has 27 heavy (non-hydrogen) atoms. The Balaban J connectivity index is 1.81. The summed E-state index contributed by atoms with van der Waals surface area (Å²) in [5.74, 6) is 0.434. The van der Waals surface area contributed by atoms with Crippen LogP contribution in [0.5, 0.6) is 0 Å². The van der Waals surface area contributed by atoms with Gasteiger partial charge in [0.15, 0.2) is 0 Å². The summed E-state index contributed by atoms with van der Waals surface area (Å²) in [5, 5.41) is 0. The van der Waals surface area contributed by atoms with Gasteiger partial charge in [-0.15, -0.1) is 0 Å². The third kappa shape index (κ3) is 6.01. The lowest BCUT2D eigenvalue weighted by Gasteiger charge is -2.35. The summed E-state index contributed by atoms with van der Waals surface area (Å²) >= 11 is 0. The van der Waals surface area contributed by atoms with Gasteiger partial charge >= 0.3 is 12.1 Å². The van der Waals surface area contributed by atoms with Gasteiger partial charge in [-0.25, -0.2) is 9.59 Å². The molecule has 0 aromatic rings. The topological polar surface area (TPSA) is 73.4 Å². The molecule has 2 aliphatic heterocycles. The number of rotatable bonds is 3. The number of likely N-dealkylation sites (tertiary alicyclic amines) is 1. The van der Waals surface area contributed by atoms with E-state index in [0.717, 1.165) is 6.42 Å². The molecule has 0 N–H and O–H groups in total. The van der Waals surface area contributed by atoms with E-state index in [2.05, 4.69) is 0 Å². The van der Waals surface area contributed by atoms with Gasteiger partial charge in [0.25, 0.3) is 0 Å². The molecule has 2 fully saturated rings. The number of piperidine rings is 1. The fraction of sp³-hybridized carbons (Fsp3) is 0.842. The molecule has 0 aliphatic carbocycles. The summed E-state index contributed by atoms with van der Waals surface area (Å²) in [6, 6.07) is 0.00576. The molecule has 4 amide bonds. The van der Waals surface area contributed by atoms with Gasteiger partial charge < -0.3 is 24.3 Å². The Bertz CT molecular complexity index is 530. The SMILES string of the molecule is CC(C)COC(=O)N1CCCN(C(=O)C2CCN(C(=O)N(C)C)CC2)CC1. The van der Waals surface area contributed by atoms with Crippen LogP contribution < -0.4 is 0 Å². The third-order valence-electron chi connectivity index (χ3n) is 5.10. The van der Waals surface area contributed by atoms with Gasteiger partial charge in [-0.1, -0.05) is 13.8 Å². The normalized spacial score (nSPS) is 19.1. The molecule has 2 aliphatic rings.